The highest BCUT2D eigenvalue weighted by Gasteiger charge is 2.07. The van der Waals surface area contributed by atoms with Crippen LogP contribution in [0.2, 0.25) is 0 Å². The second-order valence-electron chi connectivity index (χ2n) is 1.82. The maximum Gasteiger partial charge on any atom is 0.270 e. The van der Waals surface area contributed by atoms with E-state index >= 15 is 0 Å². The molecular weight excluding hydrogens is 148 g/mol. The molecule has 1 rings (SSSR count). The van der Waals surface area contributed by atoms with E-state index in [0.29, 0.717) is 5.76 Å². The number of nitrogens with zero attached hydrogens (tertiary/aromatic N) is 4. The van der Waals surface area contributed by atoms with Crippen molar-refractivity contribution < 1.29 is 9.32 Å². The van der Waals surface area contributed by atoms with Crippen molar-refractivity contribution in [2.24, 2.45) is 5.11 Å². The lowest BCUT2D eigenvalue weighted by molar-refractivity contribution is 0.0991. The SMILES string of the molecule is Cc1cc(C(=O)N=[N+]=[N-])no1. The molecule has 6 nitrogen and oxygen atoms in total. The molecule has 6 heteroatoms. The van der Waals surface area contributed by atoms with Crippen molar-refractivity contribution in [3.8, 4) is 0 Å². The molecule has 0 aliphatic carbocycles. The van der Waals surface area contributed by atoms with Gasteiger partial charge in [-0.1, -0.05) is 5.16 Å². The first-order valence-corrected chi connectivity index (χ1v) is 2.77. The Kier molecular flexibility index (Phi) is 1.89. The average molecular weight is 152 g/mol. The summed E-state index contributed by atoms with van der Waals surface area (Å²) in [5, 5.41) is 6.17. The topological polar surface area (TPSA) is 91.9 Å². The molecule has 1 aromatic heterocycles. The van der Waals surface area contributed by atoms with Gasteiger partial charge in [-0.3, -0.25) is 4.79 Å². The molecule has 0 aliphatic heterocycles. The van der Waals surface area contributed by atoms with Gasteiger partial charge in [0.15, 0.2) is 5.69 Å². The van der Waals surface area contributed by atoms with Crippen LogP contribution in [-0.2, 0) is 0 Å². The van der Waals surface area contributed by atoms with Crippen molar-refractivity contribution in [1.29, 1.82) is 0 Å². The van der Waals surface area contributed by atoms with Crippen LogP contribution in [0.25, 0.3) is 10.4 Å². The highest BCUT2D eigenvalue weighted by molar-refractivity contribution is 5.92. The minimum Gasteiger partial charge on any atom is -0.361 e. The molecule has 0 saturated heterocycles. The summed E-state index contributed by atoms with van der Waals surface area (Å²) in [7, 11) is 0. The van der Waals surface area contributed by atoms with Gasteiger partial charge in [-0.15, -0.1) is 0 Å². The lowest BCUT2D eigenvalue weighted by Gasteiger charge is -1.77. The smallest absolute Gasteiger partial charge is 0.270 e. The Bertz CT molecular complexity index is 323. The fourth-order valence-corrected chi connectivity index (χ4v) is 0.559. The van der Waals surface area contributed by atoms with Crippen LogP contribution in [0.15, 0.2) is 15.7 Å². The molecule has 1 amide bonds. The van der Waals surface area contributed by atoms with Crippen LogP contribution in [0.1, 0.15) is 16.2 Å². The number of hydrogen-bond donors (Lipinski definition) is 0. The van der Waals surface area contributed by atoms with E-state index < -0.39 is 5.91 Å². The first kappa shape index (κ1) is 7.30. The van der Waals surface area contributed by atoms with Crippen molar-refractivity contribution in [1.82, 2.24) is 5.16 Å². The van der Waals surface area contributed by atoms with E-state index in [-0.39, 0.29) is 5.69 Å². The first-order chi connectivity index (χ1) is 5.24. The summed E-state index contributed by atoms with van der Waals surface area (Å²) in [6.45, 7) is 1.64. The van der Waals surface area contributed by atoms with Crippen LogP contribution < -0.4 is 0 Å². The third-order valence-corrected chi connectivity index (χ3v) is 0.983. The maximum atomic E-state index is 10.7. The monoisotopic (exact) mass is 152 g/mol. The zero-order valence-electron chi connectivity index (χ0n) is 5.68. The fraction of sp³-hybridized carbons (Fsp3) is 0.200. The Morgan fingerprint density at radius 2 is 2.64 bits per heavy atom. The Morgan fingerprint density at radius 3 is 3.09 bits per heavy atom. The highest BCUT2D eigenvalue weighted by atomic mass is 16.5. The molecule has 1 heterocycles. The predicted octanol–water partition coefficient (Wildman–Crippen LogP) is 1.43. The quantitative estimate of drug-likeness (QED) is 0.346. The molecule has 0 atom stereocenters. The van der Waals surface area contributed by atoms with Gasteiger partial charge in [0, 0.05) is 11.0 Å². The summed E-state index contributed by atoms with van der Waals surface area (Å²) in [5.41, 5.74) is 7.91. The van der Waals surface area contributed by atoms with Crippen LogP contribution in [0, 0.1) is 6.92 Å². The molecule has 56 valence electrons. The summed E-state index contributed by atoms with van der Waals surface area (Å²) in [6.07, 6.45) is 0. The van der Waals surface area contributed by atoms with E-state index in [2.05, 4.69) is 19.7 Å². The molecular formula is C5H4N4O2. The van der Waals surface area contributed by atoms with Gasteiger partial charge in [-0.25, -0.2) is 0 Å². The van der Waals surface area contributed by atoms with Gasteiger partial charge in [0.1, 0.15) is 5.76 Å². The van der Waals surface area contributed by atoms with Gasteiger partial charge in [-0.2, -0.15) is 0 Å². The molecule has 0 bridgehead atoms. The van der Waals surface area contributed by atoms with Gasteiger partial charge in [0.25, 0.3) is 5.91 Å². The van der Waals surface area contributed by atoms with Crippen molar-refractivity contribution in [3.05, 3.63) is 28.0 Å². The second kappa shape index (κ2) is 2.85. The number of hydrogen-bond acceptors (Lipinski definition) is 3. The van der Waals surface area contributed by atoms with Crippen LogP contribution in [0.5, 0.6) is 0 Å². The Morgan fingerprint density at radius 1 is 1.91 bits per heavy atom. The van der Waals surface area contributed by atoms with Gasteiger partial charge in [0.2, 0.25) is 0 Å². The number of rotatable bonds is 1. The molecule has 0 N–H and O–H groups in total. The third-order valence-electron chi connectivity index (χ3n) is 0.983. The van der Waals surface area contributed by atoms with Crippen molar-refractivity contribution in [2.75, 3.05) is 0 Å². The number of azide groups is 1. The molecule has 0 radical (unpaired) electrons. The number of aryl methyl sites for hydroxylation is 1. The zero-order chi connectivity index (χ0) is 8.27. The Balaban J connectivity index is 2.93. The molecule has 11 heavy (non-hydrogen) atoms. The van der Waals surface area contributed by atoms with Gasteiger partial charge < -0.3 is 4.52 Å². The summed E-state index contributed by atoms with van der Waals surface area (Å²) in [5.74, 6) is -0.231. The summed E-state index contributed by atoms with van der Waals surface area (Å²) in [6, 6.07) is 1.40. The van der Waals surface area contributed by atoms with Gasteiger partial charge >= 0.3 is 0 Å². The van der Waals surface area contributed by atoms with Crippen molar-refractivity contribution in [3.63, 3.8) is 0 Å². The lowest BCUT2D eigenvalue weighted by atomic mass is 10.4. The first-order valence-electron chi connectivity index (χ1n) is 2.77. The van der Waals surface area contributed by atoms with Gasteiger partial charge in [-0.05, 0) is 17.6 Å². The molecule has 0 saturated carbocycles. The van der Waals surface area contributed by atoms with Crippen LogP contribution in [0.4, 0.5) is 0 Å². The van der Waals surface area contributed by atoms with E-state index in [1.165, 1.54) is 6.07 Å². The molecule has 1 aromatic rings. The standard InChI is InChI=1S/C5H4N4O2/c1-3-2-4(8-11-3)5(10)7-9-6/h2H,1H3. The Hall–Kier alpha value is -1.81. The van der Waals surface area contributed by atoms with E-state index in [1.54, 1.807) is 6.92 Å². The minimum absolute atomic E-state index is 0.0281. The molecule has 0 aliphatic rings. The van der Waals surface area contributed by atoms with Gasteiger partial charge in [0.05, 0.1) is 0 Å². The zero-order valence-corrected chi connectivity index (χ0v) is 5.68. The maximum absolute atomic E-state index is 10.7. The van der Waals surface area contributed by atoms with Crippen LogP contribution >= 0.6 is 0 Å². The summed E-state index contributed by atoms with van der Waals surface area (Å²) < 4.78 is 4.58. The predicted molar refractivity (Wildman–Crippen MR) is 34.7 cm³/mol. The number of amides is 1. The average Bonchev–Trinajstić information content (AvgIpc) is 2.36. The Labute approximate surface area is 61.4 Å². The second-order valence-corrected chi connectivity index (χ2v) is 1.82. The number of carbonyl (C=O) groups excluding carboxylic acids is 1. The molecule has 0 unspecified atom stereocenters. The fourth-order valence-electron chi connectivity index (χ4n) is 0.559. The minimum atomic E-state index is -0.732. The van der Waals surface area contributed by atoms with E-state index in [0.717, 1.165) is 0 Å². The number of carbonyl (C=O) groups is 1. The summed E-state index contributed by atoms with van der Waals surface area (Å²) >= 11 is 0. The van der Waals surface area contributed by atoms with Crippen molar-refractivity contribution >= 4 is 5.91 Å². The molecule has 0 spiro atoms. The third kappa shape index (κ3) is 1.56. The van der Waals surface area contributed by atoms with E-state index in [1.807, 2.05) is 0 Å². The van der Waals surface area contributed by atoms with Crippen LogP contribution in [-0.4, -0.2) is 11.1 Å². The number of aromatic nitrogens is 1. The van der Waals surface area contributed by atoms with Crippen molar-refractivity contribution in [2.45, 2.75) is 6.92 Å². The van der Waals surface area contributed by atoms with E-state index in [9.17, 15) is 4.79 Å². The van der Waals surface area contributed by atoms with Crippen LogP contribution in [0.3, 0.4) is 0 Å². The summed E-state index contributed by atoms with van der Waals surface area (Å²) in [4.78, 5) is 13.0. The largest absolute Gasteiger partial charge is 0.361 e. The van der Waals surface area contributed by atoms with E-state index in [4.69, 9.17) is 5.53 Å². The highest BCUT2D eigenvalue weighted by Crippen LogP contribution is 2.02. The molecule has 0 aromatic carbocycles. The lowest BCUT2D eigenvalue weighted by Crippen LogP contribution is -1.91. The normalized spacial score (nSPS) is 8.82. The molecule has 0 fully saturated rings.